The summed E-state index contributed by atoms with van der Waals surface area (Å²) in [6.45, 7) is 8.61. The van der Waals surface area contributed by atoms with Crippen molar-refractivity contribution in [3.8, 4) is 0 Å². The van der Waals surface area contributed by atoms with E-state index in [2.05, 4.69) is 67.5 Å². The van der Waals surface area contributed by atoms with Gasteiger partial charge in [0.05, 0.1) is 11.4 Å². The maximum Gasteiger partial charge on any atom is 0.256 e. The Labute approximate surface area is 214 Å². The molecule has 2 heterocycles. The molecule has 0 atom stereocenters. The molecule has 1 aromatic heterocycles. The normalized spacial score (nSPS) is 15.3. The largest absolute Gasteiger partial charge is 0.437 e. The zero-order valence-electron chi connectivity index (χ0n) is 19.7. The molecule has 3 aromatic rings. The highest BCUT2D eigenvalue weighted by Crippen LogP contribution is 2.25. The SMILES string of the molecule is Cc1nc(SCC(=O)N2CCN(Cc3ccccc3)CCCNc3ccc(Br)cc3C2)oc1C. The van der Waals surface area contributed by atoms with Crippen molar-refractivity contribution in [2.24, 2.45) is 0 Å². The Bertz CT molecular complexity index is 1090. The van der Waals surface area contributed by atoms with Crippen molar-refractivity contribution in [1.29, 1.82) is 0 Å². The monoisotopic (exact) mass is 542 g/mol. The molecule has 0 saturated heterocycles. The molecular weight excluding hydrogens is 512 g/mol. The van der Waals surface area contributed by atoms with Gasteiger partial charge in [0.2, 0.25) is 5.91 Å². The molecule has 0 aliphatic carbocycles. The molecule has 1 amide bonds. The number of aryl methyl sites for hydroxylation is 2. The van der Waals surface area contributed by atoms with E-state index in [0.29, 0.717) is 24.1 Å². The molecule has 6 nitrogen and oxygen atoms in total. The van der Waals surface area contributed by atoms with Crippen molar-refractivity contribution in [3.63, 3.8) is 0 Å². The molecule has 1 aliphatic rings. The first-order chi connectivity index (χ1) is 16.5. The number of nitrogens with zero attached hydrogens (tertiary/aromatic N) is 3. The molecule has 8 heteroatoms. The Balaban J connectivity index is 1.50. The van der Waals surface area contributed by atoms with E-state index in [1.807, 2.05) is 30.9 Å². The molecule has 0 saturated carbocycles. The fourth-order valence-corrected chi connectivity index (χ4v) is 5.21. The van der Waals surface area contributed by atoms with Crippen LogP contribution in [0.15, 0.2) is 62.6 Å². The number of carbonyl (C=O) groups is 1. The van der Waals surface area contributed by atoms with Crippen LogP contribution in [0.4, 0.5) is 5.69 Å². The highest BCUT2D eigenvalue weighted by molar-refractivity contribution is 9.10. The molecule has 34 heavy (non-hydrogen) atoms. The van der Waals surface area contributed by atoms with Crippen LogP contribution in [0, 0.1) is 13.8 Å². The van der Waals surface area contributed by atoms with E-state index in [1.165, 1.54) is 17.3 Å². The van der Waals surface area contributed by atoms with Crippen molar-refractivity contribution in [2.75, 3.05) is 37.2 Å². The number of carbonyl (C=O) groups excluding carboxylic acids is 1. The van der Waals surface area contributed by atoms with Gasteiger partial charge in [0.1, 0.15) is 5.76 Å². The second-order valence-electron chi connectivity index (χ2n) is 8.57. The number of fused-ring (bicyclic) bond motifs is 1. The zero-order chi connectivity index (χ0) is 23.9. The number of thioether (sulfide) groups is 1. The topological polar surface area (TPSA) is 61.6 Å². The van der Waals surface area contributed by atoms with Crippen molar-refractivity contribution in [2.45, 2.75) is 38.6 Å². The molecule has 0 fully saturated rings. The lowest BCUT2D eigenvalue weighted by Crippen LogP contribution is -2.39. The Morgan fingerprint density at radius 3 is 2.74 bits per heavy atom. The first-order valence-corrected chi connectivity index (χ1v) is 13.4. The smallest absolute Gasteiger partial charge is 0.256 e. The lowest BCUT2D eigenvalue weighted by molar-refractivity contribution is -0.129. The standard InChI is InChI=1S/C26H31BrN4O2S/c1-19-20(2)33-26(29-19)34-18-25(32)31-14-13-30(16-21-7-4-3-5-8-21)12-6-11-28-24-10-9-23(27)15-22(24)17-31/h3-5,7-10,15,28H,6,11-14,16-18H2,1-2H3. The molecule has 0 radical (unpaired) electrons. The molecule has 0 spiro atoms. The van der Waals surface area contributed by atoms with Crippen molar-refractivity contribution in [1.82, 2.24) is 14.8 Å². The Kier molecular flexibility index (Phi) is 8.69. The predicted molar refractivity (Wildman–Crippen MR) is 141 cm³/mol. The summed E-state index contributed by atoms with van der Waals surface area (Å²) in [6.07, 6.45) is 1.04. The molecule has 2 aromatic carbocycles. The van der Waals surface area contributed by atoms with Crippen LogP contribution in [-0.4, -0.2) is 52.6 Å². The third-order valence-corrected chi connectivity index (χ3v) is 7.32. The lowest BCUT2D eigenvalue weighted by Gasteiger charge is -2.28. The fraction of sp³-hybridized carbons (Fsp3) is 0.385. The number of halogens is 1. The minimum Gasteiger partial charge on any atom is -0.437 e. The molecule has 4 rings (SSSR count). The van der Waals surface area contributed by atoms with E-state index in [-0.39, 0.29) is 5.91 Å². The van der Waals surface area contributed by atoms with Gasteiger partial charge in [-0.1, -0.05) is 58.0 Å². The number of aromatic nitrogens is 1. The number of rotatable bonds is 5. The van der Waals surface area contributed by atoms with Crippen LogP contribution in [0.3, 0.4) is 0 Å². The third kappa shape index (κ3) is 6.87. The number of oxazole rings is 1. The minimum absolute atomic E-state index is 0.0864. The molecule has 1 aliphatic heterocycles. The van der Waals surface area contributed by atoms with Gasteiger partial charge in [0.15, 0.2) is 0 Å². The van der Waals surface area contributed by atoms with Gasteiger partial charge in [0, 0.05) is 49.4 Å². The molecule has 180 valence electrons. The Hall–Kier alpha value is -2.29. The third-order valence-electron chi connectivity index (χ3n) is 6.01. The second-order valence-corrected chi connectivity index (χ2v) is 10.4. The summed E-state index contributed by atoms with van der Waals surface area (Å²) in [5.74, 6) is 1.18. The van der Waals surface area contributed by atoms with Crippen molar-refractivity contribution in [3.05, 3.63) is 75.6 Å². The average molecular weight is 544 g/mol. The van der Waals surface area contributed by atoms with Gasteiger partial charge in [-0.2, -0.15) is 0 Å². The van der Waals surface area contributed by atoms with E-state index in [4.69, 9.17) is 4.42 Å². The number of benzene rings is 2. The molecular formula is C26H31BrN4O2S. The summed E-state index contributed by atoms with van der Waals surface area (Å²) in [5.41, 5.74) is 4.36. The zero-order valence-corrected chi connectivity index (χ0v) is 22.1. The van der Waals surface area contributed by atoms with E-state index in [9.17, 15) is 4.79 Å². The summed E-state index contributed by atoms with van der Waals surface area (Å²) in [4.78, 5) is 22.2. The van der Waals surface area contributed by atoms with Gasteiger partial charge in [-0.05, 0) is 49.6 Å². The minimum atomic E-state index is 0.0864. The van der Waals surface area contributed by atoms with Crippen molar-refractivity contribution >= 4 is 39.3 Å². The first kappa shape index (κ1) is 24.8. The summed E-state index contributed by atoms with van der Waals surface area (Å²) in [5, 5.41) is 4.14. The van der Waals surface area contributed by atoms with Gasteiger partial charge in [0.25, 0.3) is 5.22 Å². The Morgan fingerprint density at radius 2 is 1.97 bits per heavy atom. The quantitative estimate of drug-likeness (QED) is 0.430. The van der Waals surface area contributed by atoms with Crippen LogP contribution in [0.1, 0.15) is 29.0 Å². The van der Waals surface area contributed by atoms with Crippen LogP contribution in [0.25, 0.3) is 0 Å². The van der Waals surface area contributed by atoms with Crippen LogP contribution >= 0.6 is 27.7 Å². The van der Waals surface area contributed by atoms with Gasteiger partial charge >= 0.3 is 0 Å². The first-order valence-electron chi connectivity index (χ1n) is 11.6. The number of amides is 1. The fourth-order valence-electron chi connectivity index (χ4n) is 3.98. The predicted octanol–water partition coefficient (Wildman–Crippen LogP) is 5.49. The summed E-state index contributed by atoms with van der Waals surface area (Å²) < 4.78 is 6.68. The van der Waals surface area contributed by atoms with Gasteiger partial charge in [-0.3, -0.25) is 9.69 Å². The summed E-state index contributed by atoms with van der Waals surface area (Å²) in [6, 6.07) is 16.8. The summed E-state index contributed by atoms with van der Waals surface area (Å²) in [7, 11) is 0. The van der Waals surface area contributed by atoms with E-state index >= 15 is 0 Å². The number of hydrogen-bond acceptors (Lipinski definition) is 6. The highest BCUT2D eigenvalue weighted by Gasteiger charge is 2.20. The van der Waals surface area contributed by atoms with Crippen LogP contribution in [0.5, 0.6) is 0 Å². The van der Waals surface area contributed by atoms with E-state index < -0.39 is 0 Å². The van der Waals surface area contributed by atoms with E-state index in [1.54, 1.807) is 0 Å². The second kappa shape index (κ2) is 11.9. The van der Waals surface area contributed by atoms with E-state index in [0.717, 1.165) is 59.8 Å². The molecule has 0 unspecified atom stereocenters. The molecule has 1 N–H and O–H groups in total. The average Bonchev–Trinajstić information content (AvgIpc) is 3.14. The maximum absolute atomic E-state index is 13.4. The highest BCUT2D eigenvalue weighted by atomic mass is 79.9. The Morgan fingerprint density at radius 1 is 1.15 bits per heavy atom. The van der Waals surface area contributed by atoms with Gasteiger partial charge < -0.3 is 14.6 Å². The van der Waals surface area contributed by atoms with Crippen LogP contribution in [0.2, 0.25) is 0 Å². The van der Waals surface area contributed by atoms with Crippen LogP contribution in [-0.2, 0) is 17.9 Å². The number of hydrogen-bond donors (Lipinski definition) is 1. The number of nitrogens with one attached hydrogen (secondary N) is 1. The number of anilines is 1. The lowest BCUT2D eigenvalue weighted by atomic mass is 10.1. The van der Waals surface area contributed by atoms with Crippen molar-refractivity contribution < 1.29 is 9.21 Å². The van der Waals surface area contributed by atoms with Gasteiger partial charge in [-0.15, -0.1) is 0 Å². The molecule has 0 bridgehead atoms. The van der Waals surface area contributed by atoms with Gasteiger partial charge in [-0.25, -0.2) is 4.98 Å². The summed E-state index contributed by atoms with van der Waals surface area (Å²) >= 11 is 4.96. The maximum atomic E-state index is 13.4. The van der Waals surface area contributed by atoms with Crippen LogP contribution < -0.4 is 5.32 Å².